The number of carbonyl (C=O) groups is 1. The normalized spacial score (nSPS) is 18.2. The van der Waals surface area contributed by atoms with Crippen LogP contribution in [0.1, 0.15) is 12.8 Å². The lowest BCUT2D eigenvalue weighted by molar-refractivity contribution is -0.130. The largest absolute Gasteiger partial charge is 0.485 e. The summed E-state index contributed by atoms with van der Waals surface area (Å²) in [5.74, 6) is 1.98. The average Bonchev–Trinajstić information content (AvgIpc) is 3.43. The van der Waals surface area contributed by atoms with Crippen molar-refractivity contribution in [1.82, 2.24) is 25.1 Å². The minimum atomic E-state index is -0.664. The number of nitrogens with one attached hydrogen (secondary N) is 1. The topological polar surface area (TPSA) is 94.4 Å². The molecule has 0 saturated carbocycles. The van der Waals surface area contributed by atoms with Gasteiger partial charge >= 0.3 is 0 Å². The summed E-state index contributed by atoms with van der Waals surface area (Å²) in [6, 6.07) is 7.34. The van der Waals surface area contributed by atoms with Crippen molar-refractivity contribution in [3.05, 3.63) is 36.8 Å². The third-order valence-corrected chi connectivity index (χ3v) is 5.24. The van der Waals surface area contributed by atoms with Gasteiger partial charge in [-0.25, -0.2) is 14.6 Å². The number of fused-ring (bicyclic) bond motifs is 2. The maximum Gasteiger partial charge on any atom is 0.264 e. The summed E-state index contributed by atoms with van der Waals surface area (Å²) < 4.78 is 13.1. The fourth-order valence-electron chi connectivity index (χ4n) is 3.77. The lowest BCUT2D eigenvalue weighted by atomic mass is 10.2. The number of hydrogen-bond acceptors (Lipinski definition) is 7. The second-order valence-corrected chi connectivity index (χ2v) is 7.15. The van der Waals surface area contributed by atoms with Gasteiger partial charge in [-0.05, 0) is 25.0 Å². The highest BCUT2D eigenvalue weighted by molar-refractivity contribution is 5.86. The maximum atomic E-state index is 12.4. The Kier molecular flexibility index (Phi) is 4.63. The molecule has 2 aliphatic heterocycles. The van der Waals surface area contributed by atoms with E-state index in [0.29, 0.717) is 24.6 Å². The molecular formula is C20H22N6O3. The number of aromatic nitrogens is 4. The van der Waals surface area contributed by atoms with Gasteiger partial charge in [0, 0.05) is 19.6 Å². The molecular weight excluding hydrogens is 372 g/mol. The van der Waals surface area contributed by atoms with E-state index in [0.717, 1.165) is 29.9 Å². The zero-order valence-electron chi connectivity index (χ0n) is 16.0. The van der Waals surface area contributed by atoms with Crippen LogP contribution in [0.4, 0.5) is 5.82 Å². The smallest absolute Gasteiger partial charge is 0.264 e. The zero-order chi connectivity index (χ0) is 19.6. The van der Waals surface area contributed by atoms with Crippen molar-refractivity contribution in [2.45, 2.75) is 25.5 Å². The summed E-state index contributed by atoms with van der Waals surface area (Å²) in [5.41, 5.74) is 0.780. The second kappa shape index (κ2) is 7.57. The molecule has 1 amide bonds. The van der Waals surface area contributed by atoms with Crippen molar-refractivity contribution in [1.29, 1.82) is 0 Å². The van der Waals surface area contributed by atoms with Crippen LogP contribution in [0.5, 0.6) is 11.5 Å². The number of amides is 1. The van der Waals surface area contributed by atoms with E-state index in [-0.39, 0.29) is 12.5 Å². The molecule has 2 aromatic heterocycles. The molecule has 29 heavy (non-hydrogen) atoms. The van der Waals surface area contributed by atoms with Gasteiger partial charge in [0.15, 0.2) is 17.1 Å². The van der Waals surface area contributed by atoms with E-state index in [1.54, 1.807) is 23.3 Å². The Morgan fingerprint density at radius 3 is 2.86 bits per heavy atom. The van der Waals surface area contributed by atoms with Crippen LogP contribution in [0.2, 0.25) is 0 Å². The zero-order valence-corrected chi connectivity index (χ0v) is 16.0. The van der Waals surface area contributed by atoms with Crippen molar-refractivity contribution in [3.63, 3.8) is 0 Å². The van der Waals surface area contributed by atoms with Crippen molar-refractivity contribution in [2.24, 2.45) is 0 Å². The Balaban J connectivity index is 1.21. The van der Waals surface area contributed by atoms with Gasteiger partial charge in [-0.2, -0.15) is 5.10 Å². The number of carbonyl (C=O) groups excluding carboxylic acids is 1. The predicted octanol–water partition coefficient (Wildman–Crippen LogP) is 1.38. The lowest BCUT2D eigenvalue weighted by Crippen LogP contribution is -2.44. The van der Waals surface area contributed by atoms with Crippen LogP contribution in [0.15, 0.2) is 36.8 Å². The van der Waals surface area contributed by atoms with Gasteiger partial charge in [0.05, 0.1) is 18.1 Å². The van der Waals surface area contributed by atoms with E-state index in [4.69, 9.17) is 9.47 Å². The van der Waals surface area contributed by atoms with Crippen molar-refractivity contribution in [2.75, 3.05) is 31.1 Å². The Bertz CT molecular complexity index is 1030. The fourth-order valence-corrected chi connectivity index (χ4v) is 3.77. The second-order valence-electron chi connectivity index (χ2n) is 7.15. The summed E-state index contributed by atoms with van der Waals surface area (Å²) in [6.07, 6.45) is 5.09. The summed E-state index contributed by atoms with van der Waals surface area (Å²) in [4.78, 5) is 23.6. The quantitative estimate of drug-likeness (QED) is 0.699. The van der Waals surface area contributed by atoms with Crippen molar-refractivity contribution < 1.29 is 14.3 Å². The van der Waals surface area contributed by atoms with Crippen LogP contribution >= 0.6 is 0 Å². The van der Waals surface area contributed by atoms with E-state index in [1.807, 2.05) is 18.2 Å². The third kappa shape index (κ3) is 3.43. The molecule has 0 spiro atoms. The molecule has 1 saturated heterocycles. The Labute approximate surface area is 167 Å². The first-order valence-corrected chi connectivity index (χ1v) is 9.87. The van der Waals surface area contributed by atoms with Gasteiger partial charge in [0.2, 0.25) is 6.10 Å². The number of para-hydroxylation sites is 2. The van der Waals surface area contributed by atoms with Crippen LogP contribution in [0.25, 0.3) is 11.0 Å². The van der Waals surface area contributed by atoms with E-state index < -0.39 is 6.10 Å². The number of benzene rings is 1. The third-order valence-electron chi connectivity index (χ3n) is 5.24. The van der Waals surface area contributed by atoms with Gasteiger partial charge in [-0.1, -0.05) is 12.1 Å². The molecule has 1 N–H and O–H groups in total. The van der Waals surface area contributed by atoms with Gasteiger partial charge in [0.25, 0.3) is 5.91 Å². The molecule has 1 fully saturated rings. The molecule has 4 heterocycles. The Morgan fingerprint density at radius 2 is 2.00 bits per heavy atom. The van der Waals surface area contributed by atoms with E-state index in [9.17, 15) is 4.79 Å². The molecule has 1 aromatic carbocycles. The van der Waals surface area contributed by atoms with Crippen LogP contribution in [0.3, 0.4) is 0 Å². The minimum Gasteiger partial charge on any atom is -0.485 e. The Morgan fingerprint density at radius 1 is 1.17 bits per heavy atom. The molecule has 3 aromatic rings. The summed E-state index contributed by atoms with van der Waals surface area (Å²) in [6.45, 7) is 3.15. The highest BCUT2D eigenvalue weighted by Crippen LogP contribution is 2.31. The molecule has 0 radical (unpaired) electrons. The molecule has 0 bridgehead atoms. The van der Waals surface area contributed by atoms with E-state index in [2.05, 4.69) is 25.3 Å². The van der Waals surface area contributed by atoms with Gasteiger partial charge in [0.1, 0.15) is 18.8 Å². The molecule has 150 valence electrons. The van der Waals surface area contributed by atoms with E-state index >= 15 is 0 Å². The Hall–Kier alpha value is -3.36. The van der Waals surface area contributed by atoms with Gasteiger partial charge in [-0.3, -0.25) is 4.79 Å². The summed E-state index contributed by atoms with van der Waals surface area (Å²) in [7, 11) is 0. The van der Waals surface area contributed by atoms with Crippen LogP contribution in [-0.2, 0) is 11.3 Å². The number of rotatable bonds is 5. The molecule has 2 aliphatic rings. The van der Waals surface area contributed by atoms with Crippen LogP contribution in [0, 0.1) is 0 Å². The standard InChI is InChI=1S/C20H22N6O3/c27-20(17-12-28-15-5-1-2-6-16(15)29-17)21-7-10-26-19-14(11-24-26)18(22-13-23-19)25-8-3-4-9-25/h1-2,5-6,11,13,17H,3-4,7-10,12H2,(H,21,27). The predicted molar refractivity (Wildman–Crippen MR) is 106 cm³/mol. The average molecular weight is 394 g/mol. The number of hydrogen-bond donors (Lipinski definition) is 1. The number of nitrogens with zero attached hydrogens (tertiary/aromatic N) is 5. The van der Waals surface area contributed by atoms with Crippen molar-refractivity contribution in [3.8, 4) is 11.5 Å². The first kappa shape index (κ1) is 17.7. The first-order chi connectivity index (χ1) is 14.3. The number of ether oxygens (including phenoxy) is 2. The molecule has 1 unspecified atom stereocenters. The molecule has 5 rings (SSSR count). The fraction of sp³-hybridized carbons (Fsp3) is 0.400. The minimum absolute atomic E-state index is 0.194. The molecule has 9 heteroatoms. The van der Waals surface area contributed by atoms with Gasteiger partial charge in [-0.15, -0.1) is 0 Å². The van der Waals surface area contributed by atoms with Crippen LogP contribution in [-0.4, -0.2) is 58.0 Å². The highest BCUT2D eigenvalue weighted by Gasteiger charge is 2.27. The maximum absolute atomic E-state index is 12.4. The molecule has 1 atom stereocenters. The van der Waals surface area contributed by atoms with Crippen molar-refractivity contribution >= 4 is 22.8 Å². The molecule has 0 aliphatic carbocycles. The SMILES string of the molecule is O=C(NCCn1ncc2c(N3CCCC3)ncnc21)C1COc2ccccc2O1. The summed E-state index contributed by atoms with van der Waals surface area (Å²) in [5, 5.41) is 8.29. The first-order valence-electron chi connectivity index (χ1n) is 9.87. The summed E-state index contributed by atoms with van der Waals surface area (Å²) >= 11 is 0. The van der Waals surface area contributed by atoms with Crippen LogP contribution < -0.4 is 19.7 Å². The highest BCUT2D eigenvalue weighted by atomic mass is 16.6. The number of anilines is 1. The monoisotopic (exact) mass is 394 g/mol. The van der Waals surface area contributed by atoms with E-state index in [1.165, 1.54) is 12.8 Å². The lowest BCUT2D eigenvalue weighted by Gasteiger charge is -2.25. The molecule has 9 nitrogen and oxygen atoms in total. The van der Waals surface area contributed by atoms with Gasteiger partial charge < -0.3 is 19.7 Å².